The molecule has 0 radical (unpaired) electrons. The SMILES string of the molecule is Cc1cccc(NC2CC3CCC(C2)N3C)c1. The molecule has 0 amide bonds. The summed E-state index contributed by atoms with van der Waals surface area (Å²) in [6, 6.07) is 11.0. The van der Waals surface area contributed by atoms with Crippen LogP contribution in [0.15, 0.2) is 24.3 Å². The summed E-state index contributed by atoms with van der Waals surface area (Å²) < 4.78 is 0. The van der Waals surface area contributed by atoms with Crippen LogP contribution in [-0.4, -0.2) is 30.1 Å². The lowest BCUT2D eigenvalue weighted by Crippen LogP contribution is -2.44. The molecular weight excluding hydrogens is 208 g/mol. The number of hydrogen-bond donors (Lipinski definition) is 1. The van der Waals surface area contributed by atoms with E-state index in [0.717, 1.165) is 12.1 Å². The minimum atomic E-state index is 0.672. The fourth-order valence-corrected chi connectivity index (χ4v) is 3.50. The summed E-state index contributed by atoms with van der Waals surface area (Å²) in [5.41, 5.74) is 2.63. The number of piperidine rings is 1. The lowest BCUT2D eigenvalue weighted by Gasteiger charge is -2.37. The van der Waals surface area contributed by atoms with Crippen molar-refractivity contribution in [3.8, 4) is 0 Å². The molecule has 0 spiro atoms. The topological polar surface area (TPSA) is 15.3 Å². The van der Waals surface area contributed by atoms with Gasteiger partial charge in [0.2, 0.25) is 0 Å². The van der Waals surface area contributed by atoms with E-state index in [4.69, 9.17) is 0 Å². The highest BCUT2D eigenvalue weighted by molar-refractivity contribution is 5.46. The smallest absolute Gasteiger partial charge is 0.0344 e. The first-order valence-electron chi connectivity index (χ1n) is 6.77. The second-order valence-corrected chi connectivity index (χ2v) is 5.73. The van der Waals surface area contributed by atoms with E-state index in [0.29, 0.717) is 6.04 Å². The largest absolute Gasteiger partial charge is 0.382 e. The van der Waals surface area contributed by atoms with Gasteiger partial charge in [-0.1, -0.05) is 12.1 Å². The first kappa shape index (κ1) is 11.1. The molecule has 2 atom stereocenters. The molecule has 2 unspecified atom stereocenters. The van der Waals surface area contributed by atoms with Crippen molar-refractivity contribution < 1.29 is 0 Å². The number of aryl methyl sites for hydroxylation is 1. The highest BCUT2D eigenvalue weighted by atomic mass is 15.2. The lowest BCUT2D eigenvalue weighted by molar-refractivity contribution is 0.169. The molecule has 92 valence electrons. The monoisotopic (exact) mass is 230 g/mol. The molecule has 2 nitrogen and oxygen atoms in total. The van der Waals surface area contributed by atoms with Crippen molar-refractivity contribution in [2.75, 3.05) is 12.4 Å². The highest BCUT2D eigenvalue weighted by Crippen LogP contribution is 2.35. The van der Waals surface area contributed by atoms with Gasteiger partial charge in [-0.15, -0.1) is 0 Å². The van der Waals surface area contributed by atoms with E-state index in [1.165, 1.54) is 36.9 Å². The number of anilines is 1. The third-order valence-electron chi connectivity index (χ3n) is 4.49. The quantitative estimate of drug-likeness (QED) is 0.840. The molecule has 0 aliphatic carbocycles. The van der Waals surface area contributed by atoms with Crippen molar-refractivity contribution in [1.82, 2.24) is 4.90 Å². The van der Waals surface area contributed by atoms with E-state index in [-0.39, 0.29) is 0 Å². The summed E-state index contributed by atoms with van der Waals surface area (Å²) in [7, 11) is 2.30. The maximum atomic E-state index is 3.72. The zero-order valence-corrected chi connectivity index (χ0v) is 10.8. The van der Waals surface area contributed by atoms with Crippen LogP contribution < -0.4 is 5.32 Å². The molecule has 3 rings (SSSR count). The minimum Gasteiger partial charge on any atom is -0.382 e. The van der Waals surface area contributed by atoms with Crippen LogP contribution in [0.5, 0.6) is 0 Å². The third kappa shape index (κ3) is 2.19. The molecule has 2 heteroatoms. The van der Waals surface area contributed by atoms with Crippen molar-refractivity contribution in [3.63, 3.8) is 0 Å². The van der Waals surface area contributed by atoms with Crippen LogP contribution in [0.2, 0.25) is 0 Å². The Morgan fingerprint density at radius 1 is 1.18 bits per heavy atom. The van der Waals surface area contributed by atoms with Gasteiger partial charge in [0.05, 0.1) is 0 Å². The molecule has 2 saturated heterocycles. The molecule has 2 fully saturated rings. The van der Waals surface area contributed by atoms with Crippen LogP contribution in [0.1, 0.15) is 31.2 Å². The predicted octanol–water partition coefficient (Wildman–Crippen LogP) is 3.03. The summed E-state index contributed by atoms with van der Waals surface area (Å²) >= 11 is 0. The first-order chi connectivity index (χ1) is 8.22. The van der Waals surface area contributed by atoms with Crippen molar-refractivity contribution >= 4 is 5.69 Å². The number of nitrogens with zero attached hydrogens (tertiary/aromatic N) is 1. The Hall–Kier alpha value is -1.02. The Morgan fingerprint density at radius 3 is 2.53 bits per heavy atom. The van der Waals surface area contributed by atoms with Crippen LogP contribution in [-0.2, 0) is 0 Å². The van der Waals surface area contributed by atoms with Crippen LogP contribution in [0, 0.1) is 6.92 Å². The van der Waals surface area contributed by atoms with E-state index >= 15 is 0 Å². The molecule has 2 aliphatic heterocycles. The molecule has 17 heavy (non-hydrogen) atoms. The van der Waals surface area contributed by atoms with Gasteiger partial charge in [-0.3, -0.25) is 0 Å². The van der Waals surface area contributed by atoms with Gasteiger partial charge in [-0.25, -0.2) is 0 Å². The molecule has 0 aromatic heterocycles. The number of nitrogens with one attached hydrogen (secondary N) is 1. The van der Waals surface area contributed by atoms with E-state index in [2.05, 4.69) is 48.5 Å². The zero-order valence-electron chi connectivity index (χ0n) is 10.8. The molecule has 1 aromatic carbocycles. The molecule has 2 aliphatic rings. The molecule has 0 saturated carbocycles. The van der Waals surface area contributed by atoms with Gasteiger partial charge < -0.3 is 10.2 Å². The highest BCUT2D eigenvalue weighted by Gasteiger charge is 2.38. The number of fused-ring (bicyclic) bond motifs is 2. The number of hydrogen-bond acceptors (Lipinski definition) is 2. The van der Waals surface area contributed by atoms with E-state index < -0.39 is 0 Å². The predicted molar refractivity (Wildman–Crippen MR) is 72.4 cm³/mol. The van der Waals surface area contributed by atoms with Gasteiger partial charge in [0.1, 0.15) is 0 Å². The molecular formula is C15H22N2. The van der Waals surface area contributed by atoms with Crippen molar-refractivity contribution in [1.29, 1.82) is 0 Å². The molecule has 1 aromatic rings. The first-order valence-corrected chi connectivity index (χ1v) is 6.77. The fraction of sp³-hybridized carbons (Fsp3) is 0.600. The van der Waals surface area contributed by atoms with Crippen molar-refractivity contribution in [2.45, 2.75) is 50.7 Å². The van der Waals surface area contributed by atoms with Crippen molar-refractivity contribution in [2.24, 2.45) is 0 Å². The van der Waals surface area contributed by atoms with E-state index in [9.17, 15) is 0 Å². The molecule has 2 bridgehead atoms. The Balaban J connectivity index is 1.67. The van der Waals surface area contributed by atoms with Gasteiger partial charge in [0, 0.05) is 23.8 Å². The average molecular weight is 230 g/mol. The number of rotatable bonds is 2. The van der Waals surface area contributed by atoms with E-state index in [1.807, 2.05) is 0 Å². The van der Waals surface area contributed by atoms with Gasteiger partial charge in [-0.05, 0) is 57.4 Å². The van der Waals surface area contributed by atoms with Gasteiger partial charge in [-0.2, -0.15) is 0 Å². The Morgan fingerprint density at radius 2 is 1.88 bits per heavy atom. The maximum Gasteiger partial charge on any atom is 0.0344 e. The summed E-state index contributed by atoms with van der Waals surface area (Å²) in [4.78, 5) is 2.59. The standard InChI is InChI=1S/C15H22N2/c1-11-4-3-5-12(8-11)16-13-9-14-6-7-15(10-13)17(14)2/h3-5,8,13-16H,6-7,9-10H2,1-2H3. The van der Waals surface area contributed by atoms with Crippen LogP contribution >= 0.6 is 0 Å². The normalized spacial score (nSPS) is 32.7. The third-order valence-corrected chi connectivity index (χ3v) is 4.49. The summed E-state index contributed by atoms with van der Waals surface area (Å²) in [5, 5.41) is 3.72. The summed E-state index contributed by atoms with van der Waals surface area (Å²) in [6.07, 6.45) is 5.40. The fourth-order valence-electron chi connectivity index (χ4n) is 3.50. The van der Waals surface area contributed by atoms with Gasteiger partial charge in [0.25, 0.3) is 0 Å². The average Bonchev–Trinajstić information content (AvgIpc) is 2.52. The van der Waals surface area contributed by atoms with Gasteiger partial charge in [0.15, 0.2) is 0 Å². The summed E-state index contributed by atoms with van der Waals surface area (Å²) in [5.74, 6) is 0. The number of benzene rings is 1. The Labute approximate surface area is 104 Å². The zero-order chi connectivity index (χ0) is 11.8. The Bertz CT molecular complexity index is 388. The Kier molecular flexibility index (Phi) is 2.83. The minimum absolute atomic E-state index is 0.672. The van der Waals surface area contributed by atoms with E-state index in [1.54, 1.807) is 0 Å². The van der Waals surface area contributed by atoms with Crippen LogP contribution in [0.3, 0.4) is 0 Å². The van der Waals surface area contributed by atoms with Crippen molar-refractivity contribution in [3.05, 3.63) is 29.8 Å². The lowest BCUT2D eigenvalue weighted by atomic mass is 9.97. The van der Waals surface area contributed by atoms with Crippen LogP contribution in [0.25, 0.3) is 0 Å². The maximum absolute atomic E-state index is 3.72. The summed E-state index contributed by atoms with van der Waals surface area (Å²) in [6.45, 7) is 2.16. The van der Waals surface area contributed by atoms with Gasteiger partial charge >= 0.3 is 0 Å². The molecule has 1 N–H and O–H groups in total. The van der Waals surface area contributed by atoms with Crippen LogP contribution in [0.4, 0.5) is 5.69 Å². The second-order valence-electron chi connectivity index (χ2n) is 5.73. The second kappa shape index (κ2) is 4.34. The molecule has 2 heterocycles.